The minimum atomic E-state index is -4.82. The zero-order chi connectivity index (χ0) is 26.5. The van der Waals surface area contributed by atoms with Gasteiger partial charge in [0.25, 0.3) is 20.2 Å². The molecule has 16 heteroatoms. The van der Waals surface area contributed by atoms with Gasteiger partial charge in [0.1, 0.15) is 9.79 Å². The Bertz CT molecular complexity index is 1550. The topological polar surface area (TPSA) is 201 Å². The molecule has 2 fully saturated rings. The first kappa shape index (κ1) is 26.6. The zero-order valence-corrected chi connectivity index (χ0v) is 21.7. The highest BCUT2D eigenvalue weighted by atomic mass is 32.2. The van der Waals surface area contributed by atoms with E-state index in [0.717, 1.165) is 24.3 Å². The van der Waals surface area contributed by atoms with Crippen molar-refractivity contribution in [2.24, 2.45) is 0 Å². The summed E-state index contributed by atoms with van der Waals surface area (Å²) >= 11 is 0. The van der Waals surface area contributed by atoms with Crippen LogP contribution in [0.1, 0.15) is 36.8 Å². The second-order valence-corrected chi connectivity index (χ2v) is 15.2. The maximum atomic E-state index is 12.1. The lowest BCUT2D eigenvalue weighted by atomic mass is 10.1. The van der Waals surface area contributed by atoms with Gasteiger partial charge in [-0.2, -0.15) is 16.8 Å². The minimum absolute atomic E-state index is 0.0856. The summed E-state index contributed by atoms with van der Waals surface area (Å²) in [6.45, 7) is 0. The summed E-state index contributed by atoms with van der Waals surface area (Å²) < 4.78 is 120. The van der Waals surface area contributed by atoms with Crippen LogP contribution in [0, 0.1) is 0 Å². The van der Waals surface area contributed by atoms with Crippen LogP contribution in [-0.4, -0.2) is 53.3 Å². The average Bonchev–Trinajstić information content (AvgIpc) is 3.62. The highest BCUT2D eigenvalue weighted by molar-refractivity contribution is 7.93. The van der Waals surface area contributed by atoms with E-state index in [-0.39, 0.29) is 22.5 Å². The number of benzene rings is 2. The summed E-state index contributed by atoms with van der Waals surface area (Å²) in [6, 6.07) is 6.80. The van der Waals surface area contributed by atoms with E-state index in [1.807, 2.05) is 0 Å². The fourth-order valence-corrected chi connectivity index (χ4v) is 7.53. The Balaban J connectivity index is 1.68. The van der Waals surface area contributed by atoms with Gasteiger partial charge in [0.15, 0.2) is 0 Å². The Hall–Kier alpha value is -2.50. The third-order valence-electron chi connectivity index (χ3n) is 5.47. The largest absolute Gasteiger partial charge is 0.295 e. The highest BCUT2D eigenvalue weighted by Crippen LogP contribution is 2.32. The van der Waals surface area contributed by atoms with Gasteiger partial charge in [0.05, 0.1) is 10.5 Å². The van der Waals surface area contributed by atoms with E-state index >= 15 is 0 Å². The van der Waals surface area contributed by atoms with Crippen LogP contribution >= 0.6 is 0 Å². The Labute approximate surface area is 209 Å². The lowest BCUT2D eigenvalue weighted by molar-refractivity contribution is 0.480. The van der Waals surface area contributed by atoms with Crippen LogP contribution in [0.15, 0.2) is 46.2 Å². The smallest absolute Gasteiger partial charge is 0.283 e. The Morgan fingerprint density at radius 1 is 0.611 bits per heavy atom. The quantitative estimate of drug-likeness (QED) is 0.239. The van der Waals surface area contributed by atoms with Crippen LogP contribution in [0.5, 0.6) is 0 Å². The van der Waals surface area contributed by atoms with E-state index in [1.165, 1.54) is 24.3 Å². The van der Waals surface area contributed by atoms with Crippen molar-refractivity contribution in [3.05, 3.63) is 47.5 Å². The van der Waals surface area contributed by atoms with Crippen LogP contribution in [-0.2, 0) is 40.3 Å². The van der Waals surface area contributed by atoms with E-state index in [4.69, 9.17) is 0 Å². The fourth-order valence-electron chi connectivity index (χ4n) is 3.35. The van der Waals surface area contributed by atoms with Crippen LogP contribution in [0.3, 0.4) is 0 Å². The molecule has 4 N–H and O–H groups in total. The number of rotatable bonds is 10. The molecule has 0 unspecified atom stereocenters. The van der Waals surface area contributed by atoms with Crippen molar-refractivity contribution in [1.29, 1.82) is 0 Å². The predicted octanol–water partition coefficient (Wildman–Crippen LogP) is 2.16. The van der Waals surface area contributed by atoms with Crippen LogP contribution in [0.2, 0.25) is 0 Å². The molecular weight excluding hydrogens is 556 g/mol. The van der Waals surface area contributed by atoms with E-state index in [9.17, 15) is 42.8 Å². The summed E-state index contributed by atoms with van der Waals surface area (Å²) in [7, 11) is -17.0. The van der Waals surface area contributed by atoms with E-state index in [0.29, 0.717) is 25.7 Å². The van der Waals surface area contributed by atoms with Gasteiger partial charge in [-0.05, 0) is 61.1 Å². The summed E-state index contributed by atoms with van der Waals surface area (Å²) in [4.78, 5) is -1.28. The van der Waals surface area contributed by atoms with Crippen LogP contribution in [0.4, 0.5) is 11.4 Å². The first-order valence-corrected chi connectivity index (χ1v) is 16.5. The van der Waals surface area contributed by atoms with Gasteiger partial charge in [-0.3, -0.25) is 18.5 Å². The summed E-state index contributed by atoms with van der Waals surface area (Å²) in [5.41, 5.74) is -0.381. The van der Waals surface area contributed by atoms with Crippen molar-refractivity contribution in [2.45, 2.75) is 46.0 Å². The number of hydrogen-bond donors (Lipinski definition) is 4. The zero-order valence-electron chi connectivity index (χ0n) is 18.4. The first-order valence-electron chi connectivity index (χ1n) is 10.5. The molecule has 0 heterocycles. The monoisotopic (exact) mass is 578 g/mol. The Morgan fingerprint density at radius 2 is 0.944 bits per heavy atom. The molecule has 2 aromatic carbocycles. The molecular formula is C20H22N2O10S4. The van der Waals surface area contributed by atoms with Crippen molar-refractivity contribution < 1.29 is 42.8 Å². The number of sulfonamides is 2. The molecule has 2 aliphatic carbocycles. The molecule has 0 atom stereocenters. The lowest BCUT2D eigenvalue weighted by Crippen LogP contribution is -2.17. The normalized spacial score (nSPS) is 17.3. The van der Waals surface area contributed by atoms with Crippen LogP contribution < -0.4 is 9.44 Å². The van der Waals surface area contributed by atoms with Gasteiger partial charge in [0, 0.05) is 11.4 Å². The van der Waals surface area contributed by atoms with Gasteiger partial charge >= 0.3 is 0 Å². The molecule has 2 aliphatic rings. The molecule has 2 aromatic rings. The van der Waals surface area contributed by atoms with Crippen molar-refractivity contribution in [2.75, 3.05) is 9.44 Å². The molecule has 0 radical (unpaired) electrons. The SMILES string of the molecule is O=S(=O)(O)c1cc(NS(=O)(=O)C2CC2)ccc1/C=C/c1ccc(NS(=O)(=O)C2CC2)cc1S(=O)(=O)O. The van der Waals surface area contributed by atoms with Gasteiger partial charge in [0.2, 0.25) is 20.0 Å². The van der Waals surface area contributed by atoms with Crippen LogP contribution in [0.25, 0.3) is 12.2 Å². The van der Waals surface area contributed by atoms with Gasteiger partial charge in [-0.25, -0.2) is 16.8 Å². The molecule has 0 aliphatic heterocycles. The third kappa shape index (κ3) is 6.24. The lowest BCUT2D eigenvalue weighted by Gasteiger charge is -2.11. The predicted molar refractivity (Wildman–Crippen MR) is 133 cm³/mol. The summed E-state index contributed by atoms with van der Waals surface area (Å²) in [5, 5.41) is -1.14. The summed E-state index contributed by atoms with van der Waals surface area (Å²) in [5.74, 6) is 0. The molecule has 0 aromatic heterocycles. The standard InChI is InChI=1S/C20H22N2O10S4/c23-33(24,17-7-8-17)21-15-5-3-13(19(11-15)35(27,28)29)1-2-14-4-6-16(12-20(14)36(30,31)32)22-34(25,26)18-9-10-18/h1-6,11-12,17-18,21-22H,7-10H2,(H,27,28,29)(H,30,31,32)/b2-1+. The fraction of sp³-hybridized carbons (Fsp3) is 0.300. The molecule has 196 valence electrons. The molecule has 2 saturated carbocycles. The summed E-state index contributed by atoms with van der Waals surface area (Å²) in [6.07, 6.45) is 4.22. The number of nitrogens with one attached hydrogen (secondary N) is 2. The molecule has 4 rings (SSSR count). The molecule has 0 bridgehead atoms. The van der Waals surface area contributed by atoms with Crippen molar-refractivity contribution in [1.82, 2.24) is 0 Å². The second kappa shape index (κ2) is 9.11. The van der Waals surface area contributed by atoms with Gasteiger partial charge in [-0.15, -0.1) is 0 Å². The van der Waals surface area contributed by atoms with E-state index in [1.54, 1.807) is 0 Å². The first-order chi connectivity index (χ1) is 16.6. The van der Waals surface area contributed by atoms with E-state index in [2.05, 4.69) is 9.44 Å². The molecule has 12 nitrogen and oxygen atoms in total. The molecule has 0 saturated heterocycles. The highest BCUT2D eigenvalue weighted by Gasteiger charge is 2.36. The Morgan fingerprint density at radius 3 is 1.22 bits per heavy atom. The van der Waals surface area contributed by atoms with Crippen molar-refractivity contribution in [3.8, 4) is 0 Å². The molecule has 0 spiro atoms. The maximum absolute atomic E-state index is 12.1. The van der Waals surface area contributed by atoms with Gasteiger partial charge < -0.3 is 0 Å². The maximum Gasteiger partial charge on any atom is 0.295 e. The second-order valence-electron chi connectivity index (χ2n) is 8.48. The van der Waals surface area contributed by atoms with E-state index < -0.39 is 60.6 Å². The number of hydrogen-bond acceptors (Lipinski definition) is 8. The van der Waals surface area contributed by atoms with Crippen molar-refractivity contribution in [3.63, 3.8) is 0 Å². The average molecular weight is 579 g/mol. The minimum Gasteiger partial charge on any atom is -0.283 e. The number of anilines is 2. The third-order valence-corrected chi connectivity index (χ3v) is 11.0. The van der Waals surface area contributed by atoms with Gasteiger partial charge in [-0.1, -0.05) is 24.3 Å². The molecule has 0 amide bonds. The molecule has 36 heavy (non-hydrogen) atoms. The van der Waals surface area contributed by atoms with Crippen molar-refractivity contribution >= 4 is 63.8 Å². The Kier molecular flexibility index (Phi) is 6.72.